The van der Waals surface area contributed by atoms with Gasteiger partial charge in [-0.05, 0) is 13.8 Å². The number of carbonyl (C=O) groups is 1. The fourth-order valence-electron chi connectivity index (χ4n) is 1.45. The summed E-state index contributed by atoms with van der Waals surface area (Å²) in [6.07, 6.45) is 0.739. The first-order chi connectivity index (χ1) is 8.69. The van der Waals surface area contributed by atoms with Crippen LogP contribution in [0.25, 0.3) is 11.5 Å². The van der Waals surface area contributed by atoms with E-state index in [0.717, 1.165) is 0 Å². The van der Waals surface area contributed by atoms with Crippen LogP contribution in [-0.4, -0.2) is 32.9 Å². The highest BCUT2D eigenvalue weighted by molar-refractivity contribution is 5.69. The Bertz CT molecular complexity index is 532. The van der Waals surface area contributed by atoms with Gasteiger partial charge < -0.3 is 9.26 Å². The second kappa shape index (κ2) is 5.44. The largest absolute Gasteiger partial charge is 0.466 e. The molecular weight excluding hydrogens is 236 g/mol. The average Bonchev–Trinajstić information content (AvgIpc) is 2.95. The predicted octanol–water partition coefficient (Wildman–Crippen LogP) is 1.26. The Labute approximate surface area is 104 Å². The summed E-state index contributed by atoms with van der Waals surface area (Å²) >= 11 is 0. The summed E-state index contributed by atoms with van der Waals surface area (Å²) in [5.74, 6) is 1.54. The molecule has 0 atom stereocenters. The van der Waals surface area contributed by atoms with Crippen molar-refractivity contribution in [2.45, 2.75) is 26.7 Å². The van der Waals surface area contributed by atoms with Crippen molar-refractivity contribution in [1.82, 2.24) is 20.3 Å². The first-order valence-electron chi connectivity index (χ1n) is 5.69. The number of nitrogens with one attached hydrogen (secondary N) is 1. The number of aromatic amines is 1. The van der Waals surface area contributed by atoms with Crippen molar-refractivity contribution in [3.05, 3.63) is 17.7 Å². The minimum absolute atomic E-state index is 0.243. The molecule has 1 N–H and O–H groups in total. The van der Waals surface area contributed by atoms with Crippen LogP contribution in [0.1, 0.15) is 24.9 Å². The maximum absolute atomic E-state index is 11.2. The van der Waals surface area contributed by atoms with Gasteiger partial charge in [0.1, 0.15) is 11.6 Å². The van der Waals surface area contributed by atoms with E-state index >= 15 is 0 Å². The van der Waals surface area contributed by atoms with Crippen molar-refractivity contribution >= 4 is 5.97 Å². The molecule has 0 fully saturated rings. The van der Waals surface area contributed by atoms with Crippen molar-refractivity contribution in [2.75, 3.05) is 6.61 Å². The zero-order valence-electron chi connectivity index (χ0n) is 10.3. The number of hydrogen-bond donors (Lipinski definition) is 1. The van der Waals surface area contributed by atoms with E-state index in [0.29, 0.717) is 36.1 Å². The number of carbonyl (C=O) groups excluding carboxylic acids is 1. The lowest BCUT2D eigenvalue weighted by Gasteiger charge is -1.98. The fraction of sp³-hybridized carbons (Fsp3) is 0.455. The molecule has 0 aliphatic heterocycles. The maximum atomic E-state index is 11.2. The molecular formula is C11H14N4O3. The Morgan fingerprint density at radius 2 is 2.39 bits per heavy atom. The summed E-state index contributed by atoms with van der Waals surface area (Å²) in [6, 6.07) is 1.75. The topological polar surface area (TPSA) is 93.9 Å². The second-order valence-corrected chi connectivity index (χ2v) is 3.73. The first kappa shape index (κ1) is 12.3. The number of nitrogens with zero attached hydrogens (tertiary/aromatic N) is 3. The maximum Gasteiger partial charge on any atom is 0.306 e. The molecule has 0 saturated carbocycles. The smallest absolute Gasteiger partial charge is 0.306 e. The Balaban J connectivity index is 1.96. The van der Waals surface area contributed by atoms with E-state index in [9.17, 15) is 4.79 Å². The van der Waals surface area contributed by atoms with E-state index in [-0.39, 0.29) is 12.4 Å². The number of ether oxygens (including phenoxy) is 1. The molecule has 7 heteroatoms. The van der Waals surface area contributed by atoms with E-state index < -0.39 is 0 Å². The molecule has 7 nitrogen and oxygen atoms in total. The van der Waals surface area contributed by atoms with Gasteiger partial charge >= 0.3 is 5.97 Å². The normalized spacial score (nSPS) is 10.6. The van der Waals surface area contributed by atoms with Crippen LogP contribution in [0, 0.1) is 6.92 Å². The van der Waals surface area contributed by atoms with Gasteiger partial charge in [-0.1, -0.05) is 5.16 Å². The number of H-pyrrole nitrogens is 1. The van der Waals surface area contributed by atoms with E-state index in [4.69, 9.17) is 9.26 Å². The summed E-state index contributed by atoms with van der Waals surface area (Å²) in [6.45, 7) is 3.96. The van der Waals surface area contributed by atoms with Crippen LogP contribution in [0.5, 0.6) is 0 Å². The first-order valence-corrected chi connectivity index (χ1v) is 5.69. The van der Waals surface area contributed by atoms with Crippen molar-refractivity contribution in [1.29, 1.82) is 0 Å². The summed E-state index contributed by atoms with van der Waals surface area (Å²) in [5.41, 5.74) is 0.575. The van der Waals surface area contributed by atoms with E-state index in [1.165, 1.54) is 0 Å². The Hall–Kier alpha value is -2.18. The number of hydrogen-bond acceptors (Lipinski definition) is 6. The number of aryl methyl sites for hydroxylation is 2. The van der Waals surface area contributed by atoms with Crippen LogP contribution < -0.4 is 0 Å². The molecule has 2 rings (SSSR count). The van der Waals surface area contributed by atoms with Gasteiger partial charge in [-0.15, -0.1) is 0 Å². The molecule has 2 aromatic rings. The van der Waals surface area contributed by atoms with Gasteiger partial charge in [-0.3, -0.25) is 9.89 Å². The van der Waals surface area contributed by atoms with E-state index in [1.807, 2.05) is 0 Å². The van der Waals surface area contributed by atoms with Crippen LogP contribution in [0.15, 0.2) is 10.6 Å². The van der Waals surface area contributed by atoms with Crippen LogP contribution in [0.3, 0.4) is 0 Å². The molecule has 18 heavy (non-hydrogen) atoms. The molecule has 0 bridgehead atoms. The average molecular weight is 250 g/mol. The summed E-state index contributed by atoms with van der Waals surface area (Å²) in [7, 11) is 0. The molecule has 0 aliphatic carbocycles. The fourth-order valence-corrected chi connectivity index (χ4v) is 1.45. The highest BCUT2D eigenvalue weighted by atomic mass is 16.5. The molecule has 2 heterocycles. The van der Waals surface area contributed by atoms with Crippen molar-refractivity contribution in [3.8, 4) is 11.5 Å². The van der Waals surface area contributed by atoms with Gasteiger partial charge in [0.05, 0.1) is 13.0 Å². The van der Waals surface area contributed by atoms with Gasteiger partial charge in [-0.25, -0.2) is 4.98 Å². The Morgan fingerprint density at radius 3 is 3.06 bits per heavy atom. The highest BCUT2D eigenvalue weighted by Crippen LogP contribution is 2.14. The molecule has 0 unspecified atom stereocenters. The molecule has 96 valence electrons. The Morgan fingerprint density at radius 1 is 1.56 bits per heavy atom. The summed E-state index contributed by atoms with van der Waals surface area (Å²) < 4.78 is 9.77. The lowest BCUT2D eigenvalue weighted by atomic mass is 10.3. The summed E-state index contributed by atoms with van der Waals surface area (Å²) in [4.78, 5) is 15.4. The number of rotatable bonds is 5. The molecule has 2 aromatic heterocycles. The van der Waals surface area contributed by atoms with Crippen molar-refractivity contribution in [3.63, 3.8) is 0 Å². The molecule has 0 radical (unpaired) electrons. The van der Waals surface area contributed by atoms with E-state index in [2.05, 4.69) is 20.3 Å². The van der Waals surface area contributed by atoms with Gasteiger partial charge in [0.2, 0.25) is 5.82 Å². The SMILES string of the molecule is CCOC(=O)CCc1nc(-c2cc(C)on2)n[nH]1. The molecule has 0 aromatic carbocycles. The lowest BCUT2D eigenvalue weighted by Crippen LogP contribution is -2.05. The molecule has 0 aliphatic rings. The standard InChI is InChI=1S/C11H14N4O3/c1-3-17-10(16)5-4-9-12-11(14-13-9)8-6-7(2)18-15-8/h6H,3-5H2,1-2H3,(H,12,13,14). The van der Waals surface area contributed by atoms with Crippen LogP contribution >= 0.6 is 0 Å². The minimum atomic E-state index is -0.243. The molecule has 0 saturated heterocycles. The Kier molecular flexibility index (Phi) is 3.71. The van der Waals surface area contributed by atoms with E-state index in [1.54, 1.807) is 19.9 Å². The quantitative estimate of drug-likeness (QED) is 0.803. The highest BCUT2D eigenvalue weighted by Gasteiger charge is 2.11. The molecule has 0 amide bonds. The van der Waals surface area contributed by atoms with Gasteiger partial charge in [0.25, 0.3) is 0 Å². The monoisotopic (exact) mass is 250 g/mol. The third kappa shape index (κ3) is 2.93. The van der Waals surface area contributed by atoms with Crippen LogP contribution in [0.2, 0.25) is 0 Å². The lowest BCUT2D eigenvalue weighted by molar-refractivity contribution is -0.143. The third-order valence-electron chi connectivity index (χ3n) is 2.26. The summed E-state index contributed by atoms with van der Waals surface area (Å²) in [5, 5.41) is 10.6. The zero-order chi connectivity index (χ0) is 13.0. The van der Waals surface area contributed by atoms with Crippen LogP contribution in [-0.2, 0) is 16.0 Å². The van der Waals surface area contributed by atoms with Crippen molar-refractivity contribution < 1.29 is 14.1 Å². The van der Waals surface area contributed by atoms with Gasteiger partial charge in [0.15, 0.2) is 5.69 Å². The predicted molar refractivity (Wildman–Crippen MR) is 61.6 cm³/mol. The van der Waals surface area contributed by atoms with Crippen molar-refractivity contribution in [2.24, 2.45) is 0 Å². The third-order valence-corrected chi connectivity index (χ3v) is 2.26. The van der Waals surface area contributed by atoms with Gasteiger partial charge in [-0.2, -0.15) is 5.10 Å². The molecule has 0 spiro atoms. The van der Waals surface area contributed by atoms with Crippen LogP contribution in [0.4, 0.5) is 0 Å². The number of esters is 1. The number of aromatic nitrogens is 4. The van der Waals surface area contributed by atoms with Gasteiger partial charge in [0, 0.05) is 12.5 Å². The minimum Gasteiger partial charge on any atom is -0.466 e. The zero-order valence-corrected chi connectivity index (χ0v) is 10.3. The second-order valence-electron chi connectivity index (χ2n) is 3.73.